The van der Waals surface area contributed by atoms with Crippen LogP contribution in [0.25, 0.3) is 5.76 Å². The molecule has 2 aromatic carbocycles. The van der Waals surface area contributed by atoms with Gasteiger partial charge in [-0.3, -0.25) is 19.5 Å². The number of hydrogen-bond donors (Lipinski definition) is 1. The van der Waals surface area contributed by atoms with Gasteiger partial charge in [0, 0.05) is 28.9 Å². The van der Waals surface area contributed by atoms with E-state index >= 15 is 0 Å². The Bertz CT molecular complexity index is 1320. The van der Waals surface area contributed by atoms with Gasteiger partial charge in [0.1, 0.15) is 23.7 Å². The molecule has 33 heavy (non-hydrogen) atoms. The number of Topliss-reactive ketones (excluding diaryl/α,β-unsaturated/α-hetero) is 1. The standard InChI is InChI=1S/C26H21ClN2O4/c1-14-11-18(27)7-8-20(14)29-23(19-5-3-4-10-28-19)22(25(31)26(29)32)24(30)16-6-9-21-17(13-16)12-15(2)33-21/h3-11,13,15,23,30H,12H2,1-2H3/b24-22-. The minimum atomic E-state index is -0.880. The number of carbonyl (C=O) groups is 2. The lowest BCUT2D eigenvalue weighted by atomic mass is 9.96. The minimum absolute atomic E-state index is 0.0000335. The van der Waals surface area contributed by atoms with Crippen molar-refractivity contribution in [3.63, 3.8) is 0 Å². The fourth-order valence-corrected chi connectivity index (χ4v) is 4.74. The second-order valence-corrected chi connectivity index (χ2v) is 8.75. The third-order valence-electron chi connectivity index (χ3n) is 6.00. The predicted octanol–water partition coefficient (Wildman–Crippen LogP) is 4.99. The first-order valence-electron chi connectivity index (χ1n) is 10.6. The maximum Gasteiger partial charge on any atom is 0.300 e. The van der Waals surface area contributed by atoms with Gasteiger partial charge in [0.2, 0.25) is 0 Å². The van der Waals surface area contributed by atoms with E-state index in [0.717, 1.165) is 16.9 Å². The first-order valence-corrected chi connectivity index (χ1v) is 11.0. The van der Waals surface area contributed by atoms with E-state index < -0.39 is 17.7 Å². The van der Waals surface area contributed by atoms with Crippen LogP contribution in [0.15, 0.2) is 66.4 Å². The van der Waals surface area contributed by atoms with Crippen LogP contribution in [-0.2, 0) is 16.0 Å². The van der Waals surface area contributed by atoms with Crippen molar-refractivity contribution in [1.29, 1.82) is 0 Å². The van der Waals surface area contributed by atoms with Gasteiger partial charge in [-0.15, -0.1) is 0 Å². The maximum absolute atomic E-state index is 13.3. The molecule has 1 fully saturated rings. The molecule has 0 saturated carbocycles. The highest BCUT2D eigenvalue weighted by molar-refractivity contribution is 6.51. The molecule has 0 radical (unpaired) electrons. The highest BCUT2D eigenvalue weighted by atomic mass is 35.5. The van der Waals surface area contributed by atoms with Gasteiger partial charge < -0.3 is 9.84 Å². The molecule has 0 aliphatic carbocycles. The van der Waals surface area contributed by atoms with E-state index in [9.17, 15) is 14.7 Å². The number of carbonyl (C=O) groups excluding carboxylic acids is 2. The molecule has 3 aromatic rings. The van der Waals surface area contributed by atoms with E-state index in [1.807, 2.05) is 19.9 Å². The van der Waals surface area contributed by atoms with Crippen LogP contribution in [0, 0.1) is 6.92 Å². The molecule has 1 aromatic heterocycles. The highest BCUT2D eigenvalue weighted by Crippen LogP contribution is 2.43. The van der Waals surface area contributed by atoms with Gasteiger partial charge in [0.05, 0.1) is 11.3 Å². The Morgan fingerprint density at radius 3 is 2.70 bits per heavy atom. The monoisotopic (exact) mass is 460 g/mol. The number of pyridine rings is 1. The molecule has 5 rings (SSSR count). The van der Waals surface area contributed by atoms with Gasteiger partial charge in [-0.2, -0.15) is 0 Å². The number of hydrogen-bond acceptors (Lipinski definition) is 5. The van der Waals surface area contributed by atoms with E-state index in [4.69, 9.17) is 16.3 Å². The van der Waals surface area contributed by atoms with Gasteiger partial charge in [-0.1, -0.05) is 17.7 Å². The Hall–Kier alpha value is -3.64. The lowest BCUT2D eigenvalue weighted by molar-refractivity contribution is -0.132. The van der Waals surface area contributed by atoms with Crippen LogP contribution in [0.3, 0.4) is 0 Å². The molecule has 2 aliphatic rings. The first-order chi connectivity index (χ1) is 15.8. The largest absolute Gasteiger partial charge is 0.507 e. The summed E-state index contributed by atoms with van der Waals surface area (Å²) in [6.45, 7) is 3.79. The van der Waals surface area contributed by atoms with Gasteiger partial charge >= 0.3 is 0 Å². The number of aliphatic hydroxyl groups excluding tert-OH is 1. The van der Waals surface area contributed by atoms with Crippen LogP contribution in [0.4, 0.5) is 5.69 Å². The fourth-order valence-electron chi connectivity index (χ4n) is 4.51. The van der Waals surface area contributed by atoms with Crippen molar-refractivity contribution in [2.45, 2.75) is 32.4 Å². The number of ketones is 1. The topological polar surface area (TPSA) is 79.7 Å². The zero-order chi connectivity index (χ0) is 23.3. The number of halogens is 1. The smallest absolute Gasteiger partial charge is 0.300 e. The molecule has 166 valence electrons. The van der Waals surface area contributed by atoms with Crippen LogP contribution in [0.1, 0.15) is 35.3 Å². The number of aryl methyl sites for hydroxylation is 1. The summed E-state index contributed by atoms with van der Waals surface area (Å²) in [6, 6.07) is 14.8. The van der Waals surface area contributed by atoms with Crippen molar-refractivity contribution in [3.8, 4) is 5.75 Å². The summed E-state index contributed by atoms with van der Waals surface area (Å²) < 4.78 is 5.75. The average Bonchev–Trinajstić information content (AvgIpc) is 3.30. The van der Waals surface area contributed by atoms with Crippen molar-refractivity contribution >= 4 is 34.7 Å². The number of ether oxygens (including phenoxy) is 1. The SMILES string of the molecule is Cc1cc(Cl)ccc1N1C(=O)C(=O)/C(=C(\O)c2ccc3c(c2)CC(C)O3)C1c1ccccn1. The Morgan fingerprint density at radius 1 is 1.15 bits per heavy atom. The van der Waals surface area contributed by atoms with Gasteiger partial charge in [0.25, 0.3) is 11.7 Å². The fraction of sp³-hybridized carbons (Fsp3) is 0.192. The normalized spacial score (nSPS) is 21.2. The number of fused-ring (bicyclic) bond motifs is 1. The van der Waals surface area contributed by atoms with Crippen LogP contribution >= 0.6 is 11.6 Å². The zero-order valence-corrected chi connectivity index (χ0v) is 18.8. The maximum atomic E-state index is 13.3. The molecular weight excluding hydrogens is 440 g/mol. The summed E-state index contributed by atoms with van der Waals surface area (Å²) in [6.07, 6.45) is 2.35. The molecule has 0 spiro atoms. The number of rotatable bonds is 3. The number of nitrogens with zero attached hydrogens (tertiary/aromatic N) is 2. The molecule has 6 nitrogen and oxygen atoms in total. The first kappa shape index (κ1) is 21.2. The minimum Gasteiger partial charge on any atom is -0.507 e. The van der Waals surface area contributed by atoms with Gasteiger partial charge in [-0.05, 0) is 73.5 Å². The van der Waals surface area contributed by atoms with E-state index in [0.29, 0.717) is 28.4 Å². The predicted molar refractivity (Wildman–Crippen MR) is 125 cm³/mol. The molecule has 1 N–H and O–H groups in total. The summed E-state index contributed by atoms with van der Waals surface area (Å²) in [5.41, 5.74) is 3.15. The van der Waals surface area contributed by atoms with Crippen LogP contribution in [0.2, 0.25) is 5.02 Å². The van der Waals surface area contributed by atoms with Crippen molar-refractivity contribution in [2.24, 2.45) is 0 Å². The van der Waals surface area contributed by atoms with Crippen molar-refractivity contribution < 1.29 is 19.4 Å². The third-order valence-corrected chi connectivity index (χ3v) is 6.24. The molecule has 0 bridgehead atoms. The van der Waals surface area contributed by atoms with Gasteiger partial charge in [0.15, 0.2) is 0 Å². The Labute approximate surface area is 196 Å². The quantitative estimate of drug-likeness (QED) is 0.338. The number of amides is 1. The molecular formula is C26H21ClN2O4. The summed E-state index contributed by atoms with van der Waals surface area (Å²) in [7, 11) is 0. The lowest BCUT2D eigenvalue weighted by Gasteiger charge is -2.26. The zero-order valence-electron chi connectivity index (χ0n) is 18.1. The van der Waals surface area contributed by atoms with Crippen LogP contribution in [0.5, 0.6) is 5.75 Å². The summed E-state index contributed by atoms with van der Waals surface area (Å²) in [5, 5.41) is 11.8. The molecule has 2 aliphatic heterocycles. The van der Waals surface area contributed by atoms with E-state index in [1.165, 1.54) is 4.90 Å². The molecule has 2 atom stereocenters. The molecule has 2 unspecified atom stereocenters. The average molecular weight is 461 g/mol. The number of aromatic nitrogens is 1. The Balaban J connectivity index is 1.70. The van der Waals surface area contributed by atoms with E-state index in [1.54, 1.807) is 54.7 Å². The van der Waals surface area contributed by atoms with Crippen molar-refractivity contribution in [1.82, 2.24) is 4.98 Å². The second-order valence-electron chi connectivity index (χ2n) is 8.31. The van der Waals surface area contributed by atoms with E-state index in [-0.39, 0.29) is 17.4 Å². The van der Waals surface area contributed by atoms with Crippen molar-refractivity contribution in [3.05, 3.63) is 93.8 Å². The molecule has 7 heteroatoms. The number of anilines is 1. The van der Waals surface area contributed by atoms with Crippen LogP contribution < -0.4 is 9.64 Å². The highest BCUT2D eigenvalue weighted by Gasteiger charge is 2.48. The Kier molecular flexibility index (Phi) is 5.17. The van der Waals surface area contributed by atoms with Crippen molar-refractivity contribution in [2.75, 3.05) is 4.90 Å². The molecule has 3 heterocycles. The molecule has 1 saturated heterocycles. The summed E-state index contributed by atoms with van der Waals surface area (Å²) >= 11 is 6.12. The Morgan fingerprint density at radius 2 is 1.97 bits per heavy atom. The lowest BCUT2D eigenvalue weighted by Crippen LogP contribution is -2.30. The van der Waals surface area contributed by atoms with E-state index in [2.05, 4.69) is 4.98 Å². The third kappa shape index (κ3) is 3.56. The summed E-state index contributed by atoms with van der Waals surface area (Å²) in [4.78, 5) is 32.3. The molecule has 1 amide bonds. The number of benzene rings is 2. The van der Waals surface area contributed by atoms with Crippen LogP contribution in [-0.4, -0.2) is 27.9 Å². The second kappa shape index (κ2) is 8.05. The summed E-state index contributed by atoms with van der Waals surface area (Å²) in [5.74, 6) is -0.962. The number of aliphatic hydroxyl groups is 1. The van der Waals surface area contributed by atoms with Gasteiger partial charge in [-0.25, -0.2) is 0 Å².